The van der Waals surface area contributed by atoms with Crippen molar-refractivity contribution in [1.29, 1.82) is 0 Å². The van der Waals surface area contributed by atoms with Crippen LogP contribution in [0.1, 0.15) is 22.8 Å². The Morgan fingerprint density at radius 3 is 2.68 bits per heavy atom. The van der Waals surface area contributed by atoms with E-state index in [-0.39, 0.29) is 23.1 Å². The minimum atomic E-state index is -1.51. The number of benzene rings is 1. The summed E-state index contributed by atoms with van der Waals surface area (Å²) in [6.07, 6.45) is -2.32. The zero-order valence-corrected chi connectivity index (χ0v) is 13.4. The smallest absolute Gasteiger partial charge is 0.407 e. The van der Waals surface area contributed by atoms with Crippen molar-refractivity contribution in [3.8, 4) is 0 Å². The van der Waals surface area contributed by atoms with E-state index in [1.54, 1.807) is 13.0 Å². The van der Waals surface area contributed by atoms with Crippen LogP contribution in [0, 0.1) is 5.82 Å². The maximum absolute atomic E-state index is 14.2. The molecule has 2 amide bonds. The third-order valence-electron chi connectivity index (χ3n) is 3.62. The van der Waals surface area contributed by atoms with E-state index in [1.807, 2.05) is 0 Å². The molecule has 0 aliphatic carbocycles. The topological polar surface area (TPSA) is 69.6 Å². The summed E-state index contributed by atoms with van der Waals surface area (Å²) in [6, 6.07) is 2.14. The van der Waals surface area contributed by atoms with Crippen LogP contribution in [0.4, 0.5) is 13.6 Å². The number of carboxylic acid groups (broad SMARTS) is 1. The Morgan fingerprint density at radius 1 is 1.45 bits per heavy atom. The molecule has 2 N–H and O–H groups in total. The molecule has 1 fully saturated rings. The average molecular weight is 377 g/mol. The van der Waals surface area contributed by atoms with E-state index >= 15 is 0 Å². The summed E-state index contributed by atoms with van der Waals surface area (Å²) < 4.78 is 28.1. The number of carbonyl (C=O) groups is 2. The molecule has 1 heterocycles. The number of hydrogen-bond donors (Lipinski definition) is 2. The first-order valence-electron chi connectivity index (χ1n) is 6.74. The van der Waals surface area contributed by atoms with E-state index in [9.17, 15) is 18.4 Å². The fraction of sp³-hybridized carbons (Fsp3) is 0.429. The second-order valence-corrected chi connectivity index (χ2v) is 5.89. The molecule has 1 saturated heterocycles. The molecule has 0 bridgehead atoms. The molecule has 0 radical (unpaired) electrons. The van der Waals surface area contributed by atoms with Gasteiger partial charge in [-0.3, -0.25) is 4.79 Å². The van der Waals surface area contributed by atoms with Crippen molar-refractivity contribution in [2.45, 2.75) is 25.6 Å². The quantitative estimate of drug-likeness (QED) is 0.851. The number of hydrogen-bond acceptors (Lipinski definition) is 2. The normalized spacial score (nSPS) is 21.0. The van der Waals surface area contributed by atoms with Gasteiger partial charge in [-0.2, -0.15) is 0 Å². The van der Waals surface area contributed by atoms with Gasteiger partial charge in [0.05, 0.1) is 22.6 Å². The number of nitrogens with zero attached hydrogens (tertiary/aromatic N) is 1. The van der Waals surface area contributed by atoms with E-state index in [1.165, 1.54) is 6.07 Å². The van der Waals surface area contributed by atoms with Gasteiger partial charge in [-0.05, 0) is 34.0 Å². The molecule has 1 aliphatic heterocycles. The highest BCUT2D eigenvalue weighted by Gasteiger charge is 2.37. The first kappa shape index (κ1) is 16.7. The monoisotopic (exact) mass is 376 g/mol. The molecule has 0 spiro atoms. The van der Waals surface area contributed by atoms with Crippen molar-refractivity contribution in [2.24, 2.45) is 0 Å². The molecule has 120 valence electrons. The second kappa shape index (κ2) is 6.60. The van der Waals surface area contributed by atoms with Gasteiger partial charge in [0.15, 0.2) is 0 Å². The van der Waals surface area contributed by atoms with Gasteiger partial charge in [-0.25, -0.2) is 13.6 Å². The van der Waals surface area contributed by atoms with Gasteiger partial charge in [0.2, 0.25) is 0 Å². The summed E-state index contributed by atoms with van der Waals surface area (Å²) in [5, 5.41) is 11.2. The molecule has 8 heteroatoms. The predicted octanol–water partition coefficient (Wildman–Crippen LogP) is 2.58. The fourth-order valence-electron chi connectivity index (χ4n) is 2.43. The highest BCUT2D eigenvalue weighted by Crippen LogP contribution is 2.24. The van der Waals surface area contributed by atoms with Gasteiger partial charge in [-0.15, -0.1) is 0 Å². The zero-order valence-electron chi connectivity index (χ0n) is 11.8. The van der Waals surface area contributed by atoms with Gasteiger partial charge < -0.3 is 15.3 Å². The predicted molar refractivity (Wildman–Crippen MR) is 79.2 cm³/mol. The Bertz CT molecular complexity index is 612. The van der Waals surface area contributed by atoms with E-state index in [4.69, 9.17) is 5.11 Å². The second-order valence-electron chi connectivity index (χ2n) is 5.03. The highest BCUT2D eigenvalue weighted by molar-refractivity contribution is 9.10. The number of nitrogens with one attached hydrogen (secondary N) is 1. The molecule has 1 aromatic rings. The lowest BCUT2D eigenvalue weighted by Gasteiger charge is -2.17. The van der Waals surface area contributed by atoms with Gasteiger partial charge in [-0.1, -0.05) is 13.0 Å². The lowest BCUT2D eigenvalue weighted by atomic mass is 10.0. The van der Waals surface area contributed by atoms with Crippen LogP contribution < -0.4 is 5.32 Å². The molecule has 0 saturated carbocycles. The Morgan fingerprint density at radius 2 is 2.14 bits per heavy atom. The zero-order chi connectivity index (χ0) is 16.4. The Balaban J connectivity index is 2.20. The Kier molecular flexibility index (Phi) is 5.00. The molecule has 0 unspecified atom stereocenters. The summed E-state index contributed by atoms with van der Waals surface area (Å²) in [7, 11) is 0. The van der Waals surface area contributed by atoms with Crippen LogP contribution in [0.3, 0.4) is 0 Å². The number of carbonyl (C=O) groups excluding carboxylic acids is 1. The highest BCUT2D eigenvalue weighted by atomic mass is 79.9. The van der Waals surface area contributed by atoms with Crippen LogP contribution in [-0.4, -0.2) is 47.3 Å². The van der Waals surface area contributed by atoms with E-state index < -0.39 is 30.0 Å². The third-order valence-corrected chi connectivity index (χ3v) is 4.24. The number of rotatable bonds is 3. The van der Waals surface area contributed by atoms with Gasteiger partial charge in [0.25, 0.3) is 5.91 Å². The largest absolute Gasteiger partial charge is 0.465 e. The number of likely N-dealkylation sites (tertiary alicyclic amines) is 1. The van der Waals surface area contributed by atoms with E-state index in [0.717, 1.165) is 4.90 Å². The molecular weight excluding hydrogens is 362 g/mol. The van der Waals surface area contributed by atoms with Gasteiger partial charge >= 0.3 is 6.09 Å². The van der Waals surface area contributed by atoms with Crippen molar-refractivity contribution in [3.05, 3.63) is 33.5 Å². The van der Waals surface area contributed by atoms with Crippen LogP contribution in [-0.2, 0) is 6.42 Å². The number of alkyl halides is 1. The third kappa shape index (κ3) is 3.21. The molecular formula is C14H15BrF2N2O3. The molecule has 5 nitrogen and oxygen atoms in total. The lowest BCUT2D eigenvalue weighted by Crippen LogP contribution is -2.42. The van der Waals surface area contributed by atoms with Crippen LogP contribution in [0.25, 0.3) is 0 Å². The fourth-order valence-corrected chi connectivity index (χ4v) is 2.76. The summed E-state index contributed by atoms with van der Waals surface area (Å²) in [6.45, 7) is 1.32. The Labute approximate surface area is 134 Å². The average Bonchev–Trinajstić information content (AvgIpc) is 2.83. The van der Waals surface area contributed by atoms with Crippen molar-refractivity contribution in [2.75, 3.05) is 13.1 Å². The molecule has 22 heavy (non-hydrogen) atoms. The van der Waals surface area contributed by atoms with Crippen LogP contribution in [0.5, 0.6) is 0 Å². The van der Waals surface area contributed by atoms with Gasteiger partial charge in [0, 0.05) is 6.54 Å². The maximum Gasteiger partial charge on any atom is 0.407 e. The minimum absolute atomic E-state index is 0.141. The van der Waals surface area contributed by atoms with E-state index in [0.29, 0.717) is 12.0 Å². The molecule has 2 atom stereocenters. The number of aryl methyl sites for hydroxylation is 1. The van der Waals surface area contributed by atoms with Gasteiger partial charge in [0.1, 0.15) is 12.0 Å². The van der Waals surface area contributed by atoms with Crippen LogP contribution >= 0.6 is 15.9 Å². The molecule has 1 aliphatic rings. The van der Waals surface area contributed by atoms with Crippen molar-refractivity contribution in [1.82, 2.24) is 10.2 Å². The lowest BCUT2D eigenvalue weighted by molar-refractivity contribution is 0.0917. The first-order chi connectivity index (χ1) is 10.3. The first-order valence-corrected chi connectivity index (χ1v) is 7.54. The van der Waals surface area contributed by atoms with E-state index in [2.05, 4.69) is 21.2 Å². The summed E-state index contributed by atoms with van der Waals surface area (Å²) in [4.78, 5) is 24.0. The SMILES string of the molecule is CCc1ccc(Br)c(F)c1C(=O)N[C@@H]1CN(C(=O)O)C[C@@H]1F. The van der Waals surface area contributed by atoms with Crippen molar-refractivity contribution >= 4 is 27.9 Å². The van der Waals surface area contributed by atoms with Crippen LogP contribution in [0.15, 0.2) is 16.6 Å². The Hall–Kier alpha value is -1.70. The standard InChI is InChI=1S/C14H15BrF2N2O3/c1-2-7-3-4-8(15)12(17)11(7)13(20)18-10-6-19(14(21)22)5-9(10)16/h3-4,9-10H,2,5-6H2,1H3,(H,18,20)(H,21,22)/t9-,10+/m0/s1. The number of halogens is 3. The summed E-state index contributed by atoms with van der Waals surface area (Å²) >= 11 is 3.02. The summed E-state index contributed by atoms with van der Waals surface area (Å²) in [5.41, 5.74) is 0.361. The minimum Gasteiger partial charge on any atom is -0.465 e. The maximum atomic E-state index is 14.2. The molecule has 2 rings (SSSR count). The molecule has 1 aromatic carbocycles. The number of amides is 2. The van der Waals surface area contributed by atoms with Crippen LogP contribution in [0.2, 0.25) is 0 Å². The summed E-state index contributed by atoms with van der Waals surface area (Å²) in [5.74, 6) is -1.45. The van der Waals surface area contributed by atoms with Crippen molar-refractivity contribution in [3.63, 3.8) is 0 Å². The van der Waals surface area contributed by atoms with Crippen molar-refractivity contribution < 1.29 is 23.5 Å². The molecule has 0 aromatic heterocycles.